The smallest absolute Gasteiger partial charge is 0.387 e. The highest BCUT2D eigenvalue weighted by molar-refractivity contribution is 7.91. The minimum absolute atomic E-state index is 0.00150. The number of ether oxygens (including phenoxy) is 2. The SMILES string of the molecule is CCCCCCNC(=O)CS(=O)(=O)Cc1ccc(OC(F)F)c(OC)c1. The molecule has 9 heteroatoms. The third-order valence-corrected chi connectivity index (χ3v) is 5.01. The van der Waals surface area contributed by atoms with Crippen molar-refractivity contribution in [1.29, 1.82) is 0 Å². The molecule has 0 aliphatic rings. The predicted octanol–water partition coefficient (Wildman–Crippen LogP) is 2.91. The predicted molar refractivity (Wildman–Crippen MR) is 94.3 cm³/mol. The van der Waals surface area contributed by atoms with Crippen LogP contribution in [0.15, 0.2) is 18.2 Å². The lowest BCUT2D eigenvalue weighted by Gasteiger charge is -2.12. The van der Waals surface area contributed by atoms with Gasteiger partial charge in [0, 0.05) is 6.54 Å². The summed E-state index contributed by atoms with van der Waals surface area (Å²) in [5, 5.41) is 2.59. The summed E-state index contributed by atoms with van der Waals surface area (Å²) in [6.45, 7) is -0.492. The number of amides is 1. The number of unbranched alkanes of at least 4 members (excludes halogenated alkanes) is 3. The zero-order chi connectivity index (χ0) is 19.6. The van der Waals surface area contributed by atoms with Gasteiger partial charge in [0.1, 0.15) is 5.75 Å². The van der Waals surface area contributed by atoms with E-state index in [1.165, 1.54) is 25.3 Å². The first-order chi connectivity index (χ1) is 12.3. The Morgan fingerprint density at radius 2 is 1.92 bits per heavy atom. The highest BCUT2D eigenvalue weighted by atomic mass is 32.2. The molecule has 0 unspecified atom stereocenters. The van der Waals surface area contributed by atoms with E-state index < -0.39 is 33.9 Å². The fourth-order valence-corrected chi connectivity index (χ4v) is 3.62. The first-order valence-corrected chi connectivity index (χ1v) is 10.2. The van der Waals surface area contributed by atoms with E-state index in [1.54, 1.807) is 0 Å². The average Bonchev–Trinajstić information content (AvgIpc) is 2.54. The molecule has 1 N–H and O–H groups in total. The summed E-state index contributed by atoms with van der Waals surface area (Å²) < 4.78 is 58.1. The number of alkyl halides is 2. The molecule has 0 atom stereocenters. The van der Waals surface area contributed by atoms with Crippen molar-refractivity contribution in [2.45, 2.75) is 45.0 Å². The van der Waals surface area contributed by atoms with Gasteiger partial charge in [0.2, 0.25) is 5.91 Å². The summed E-state index contributed by atoms with van der Waals surface area (Å²) in [7, 11) is -2.44. The maximum atomic E-state index is 12.3. The lowest BCUT2D eigenvalue weighted by Crippen LogP contribution is -2.31. The number of halogens is 2. The molecule has 0 spiro atoms. The lowest BCUT2D eigenvalue weighted by atomic mass is 10.2. The van der Waals surface area contributed by atoms with Gasteiger partial charge in [0.15, 0.2) is 21.3 Å². The second-order valence-corrected chi connectivity index (χ2v) is 7.87. The van der Waals surface area contributed by atoms with Crippen molar-refractivity contribution >= 4 is 15.7 Å². The fourth-order valence-electron chi connectivity index (χ4n) is 2.33. The monoisotopic (exact) mass is 393 g/mol. The largest absolute Gasteiger partial charge is 0.493 e. The van der Waals surface area contributed by atoms with Gasteiger partial charge in [-0.15, -0.1) is 0 Å². The second kappa shape index (κ2) is 10.9. The topological polar surface area (TPSA) is 81.7 Å². The summed E-state index contributed by atoms with van der Waals surface area (Å²) in [6.07, 6.45) is 3.94. The maximum absolute atomic E-state index is 12.3. The molecule has 148 valence electrons. The van der Waals surface area contributed by atoms with Crippen LogP contribution in [0.2, 0.25) is 0 Å². The third kappa shape index (κ3) is 8.46. The van der Waals surface area contributed by atoms with E-state index >= 15 is 0 Å². The molecule has 1 rings (SSSR count). The van der Waals surface area contributed by atoms with Gasteiger partial charge in [0.05, 0.1) is 12.9 Å². The lowest BCUT2D eigenvalue weighted by molar-refractivity contribution is -0.118. The highest BCUT2D eigenvalue weighted by Gasteiger charge is 2.19. The number of hydrogen-bond donors (Lipinski definition) is 1. The Kier molecular flexibility index (Phi) is 9.32. The minimum atomic E-state index is -3.70. The molecular weight excluding hydrogens is 368 g/mol. The molecule has 1 aromatic carbocycles. The van der Waals surface area contributed by atoms with E-state index in [9.17, 15) is 22.0 Å². The molecule has 6 nitrogen and oxygen atoms in total. The van der Waals surface area contributed by atoms with E-state index in [4.69, 9.17) is 4.74 Å². The van der Waals surface area contributed by atoms with E-state index in [0.717, 1.165) is 25.7 Å². The quantitative estimate of drug-likeness (QED) is 0.552. The van der Waals surface area contributed by atoms with Crippen LogP contribution in [0.3, 0.4) is 0 Å². The molecule has 0 fully saturated rings. The summed E-state index contributed by atoms with van der Waals surface area (Å²) in [5.74, 6) is -1.77. The molecule has 0 radical (unpaired) electrons. The van der Waals surface area contributed by atoms with Crippen molar-refractivity contribution in [1.82, 2.24) is 5.32 Å². The van der Waals surface area contributed by atoms with E-state index in [0.29, 0.717) is 12.1 Å². The molecule has 0 bridgehead atoms. The van der Waals surface area contributed by atoms with Crippen LogP contribution in [0.4, 0.5) is 8.78 Å². The van der Waals surface area contributed by atoms with Gasteiger partial charge < -0.3 is 14.8 Å². The number of rotatable bonds is 12. The molecule has 0 saturated heterocycles. The van der Waals surface area contributed by atoms with Crippen LogP contribution in [-0.4, -0.2) is 40.3 Å². The van der Waals surface area contributed by atoms with Crippen LogP contribution < -0.4 is 14.8 Å². The van der Waals surface area contributed by atoms with Crippen LogP contribution in [0, 0.1) is 0 Å². The number of methoxy groups -OCH3 is 1. The molecular formula is C17H25F2NO5S. The Hall–Kier alpha value is -1.90. The number of carbonyl (C=O) groups is 1. The summed E-state index contributed by atoms with van der Waals surface area (Å²) in [5.41, 5.74) is 0.319. The molecule has 0 aliphatic carbocycles. The van der Waals surface area contributed by atoms with Crippen molar-refractivity contribution < 1.29 is 31.5 Å². The minimum Gasteiger partial charge on any atom is -0.493 e. The number of hydrogen-bond acceptors (Lipinski definition) is 5. The van der Waals surface area contributed by atoms with Gasteiger partial charge in [-0.3, -0.25) is 4.79 Å². The summed E-state index contributed by atoms with van der Waals surface area (Å²) in [6, 6.07) is 3.86. The molecule has 0 aromatic heterocycles. The van der Waals surface area contributed by atoms with Crippen molar-refractivity contribution in [2.24, 2.45) is 0 Å². The van der Waals surface area contributed by atoms with Crippen LogP contribution in [0.25, 0.3) is 0 Å². The van der Waals surface area contributed by atoms with Crippen LogP contribution in [0.1, 0.15) is 38.2 Å². The van der Waals surface area contributed by atoms with E-state index in [-0.39, 0.29) is 11.5 Å². The van der Waals surface area contributed by atoms with E-state index in [1.807, 2.05) is 0 Å². The molecule has 1 amide bonds. The Morgan fingerprint density at radius 3 is 2.54 bits per heavy atom. The number of benzene rings is 1. The molecule has 1 aromatic rings. The zero-order valence-corrected chi connectivity index (χ0v) is 15.8. The Labute approximate surface area is 152 Å². The standard InChI is InChI=1S/C17H25F2NO5S/c1-3-4-5-6-9-20-16(21)12-26(22,23)11-13-7-8-14(25-17(18)19)15(10-13)24-2/h7-8,10,17H,3-6,9,11-12H2,1-2H3,(H,20,21). The Balaban J connectivity index is 2.61. The first-order valence-electron chi connectivity index (χ1n) is 8.36. The molecule has 0 heterocycles. The van der Waals surface area contributed by atoms with E-state index in [2.05, 4.69) is 17.0 Å². The zero-order valence-electron chi connectivity index (χ0n) is 15.0. The Morgan fingerprint density at radius 1 is 1.19 bits per heavy atom. The van der Waals surface area contributed by atoms with Gasteiger partial charge in [-0.1, -0.05) is 32.3 Å². The van der Waals surface area contributed by atoms with Crippen molar-refractivity contribution in [3.05, 3.63) is 23.8 Å². The first kappa shape index (κ1) is 22.1. The second-order valence-electron chi connectivity index (χ2n) is 5.81. The van der Waals surface area contributed by atoms with Crippen molar-refractivity contribution in [2.75, 3.05) is 19.4 Å². The van der Waals surface area contributed by atoms with Gasteiger partial charge in [-0.25, -0.2) is 8.42 Å². The molecule has 0 aliphatic heterocycles. The average molecular weight is 393 g/mol. The number of nitrogens with one attached hydrogen (secondary N) is 1. The third-order valence-electron chi connectivity index (χ3n) is 3.53. The van der Waals surface area contributed by atoms with Gasteiger partial charge in [-0.05, 0) is 24.1 Å². The highest BCUT2D eigenvalue weighted by Crippen LogP contribution is 2.30. The number of sulfone groups is 1. The number of carbonyl (C=O) groups excluding carboxylic acids is 1. The molecule has 26 heavy (non-hydrogen) atoms. The van der Waals surface area contributed by atoms with Crippen molar-refractivity contribution in [3.63, 3.8) is 0 Å². The Bertz CT molecular complexity index is 680. The van der Waals surface area contributed by atoms with Crippen LogP contribution >= 0.6 is 0 Å². The normalized spacial score (nSPS) is 11.4. The van der Waals surface area contributed by atoms with Gasteiger partial charge in [-0.2, -0.15) is 8.78 Å². The fraction of sp³-hybridized carbons (Fsp3) is 0.588. The van der Waals surface area contributed by atoms with Gasteiger partial charge in [0.25, 0.3) is 0 Å². The van der Waals surface area contributed by atoms with Crippen LogP contribution in [-0.2, 0) is 20.4 Å². The molecule has 0 saturated carbocycles. The summed E-state index contributed by atoms with van der Waals surface area (Å²) >= 11 is 0. The summed E-state index contributed by atoms with van der Waals surface area (Å²) in [4.78, 5) is 11.8. The van der Waals surface area contributed by atoms with Gasteiger partial charge >= 0.3 is 6.61 Å². The maximum Gasteiger partial charge on any atom is 0.387 e. The van der Waals surface area contributed by atoms with Crippen molar-refractivity contribution in [3.8, 4) is 11.5 Å². The van der Waals surface area contributed by atoms with Crippen LogP contribution in [0.5, 0.6) is 11.5 Å².